The number of fused-ring (bicyclic) bond motifs is 1. The Kier molecular flexibility index (Phi) is 3.31. The fourth-order valence-corrected chi connectivity index (χ4v) is 2.72. The Balaban J connectivity index is 1.73. The number of piperazine rings is 1. The van der Waals surface area contributed by atoms with Crippen molar-refractivity contribution in [2.45, 2.75) is 13.1 Å². The van der Waals surface area contributed by atoms with Crippen LogP contribution in [0.2, 0.25) is 0 Å². The smallest absolute Gasteiger partial charge is 0.335 e. The Hall–Kier alpha value is -2.08. The predicted molar refractivity (Wildman–Crippen MR) is 72.5 cm³/mol. The van der Waals surface area contributed by atoms with E-state index in [0.717, 1.165) is 37.3 Å². The fourth-order valence-electron chi connectivity index (χ4n) is 2.72. The van der Waals surface area contributed by atoms with Crippen molar-refractivity contribution in [1.29, 1.82) is 0 Å². The van der Waals surface area contributed by atoms with Gasteiger partial charge in [0.15, 0.2) is 0 Å². The van der Waals surface area contributed by atoms with Gasteiger partial charge in [-0.1, -0.05) is 6.07 Å². The Morgan fingerprint density at radius 1 is 1.05 bits per heavy atom. The number of carboxylic acids is 1. The van der Waals surface area contributed by atoms with E-state index >= 15 is 0 Å². The number of nitrogens with zero attached hydrogens (tertiary/aromatic N) is 2. The highest BCUT2D eigenvalue weighted by molar-refractivity contribution is 5.88. The van der Waals surface area contributed by atoms with Gasteiger partial charge in [-0.15, -0.1) is 0 Å². The number of carboxylic acid groups (broad SMARTS) is 1. The lowest BCUT2D eigenvalue weighted by molar-refractivity contribution is 0.0696. The zero-order valence-electron chi connectivity index (χ0n) is 11.1. The maximum Gasteiger partial charge on any atom is 0.335 e. The molecule has 2 N–H and O–H groups in total. The second-order valence-corrected chi connectivity index (χ2v) is 5.16. The van der Waals surface area contributed by atoms with Gasteiger partial charge in [0, 0.05) is 39.3 Å². The van der Waals surface area contributed by atoms with Crippen LogP contribution in [-0.2, 0) is 13.1 Å². The van der Waals surface area contributed by atoms with Crippen LogP contribution in [-0.4, -0.2) is 53.1 Å². The van der Waals surface area contributed by atoms with Crippen LogP contribution in [0.15, 0.2) is 18.2 Å². The van der Waals surface area contributed by atoms with Gasteiger partial charge in [-0.2, -0.15) is 0 Å². The average molecular weight is 275 g/mol. The van der Waals surface area contributed by atoms with Gasteiger partial charge < -0.3 is 20.2 Å². The first kappa shape index (κ1) is 12.9. The van der Waals surface area contributed by atoms with E-state index in [1.807, 2.05) is 11.0 Å². The number of amides is 2. The lowest BCUT2D eigenvalue weighted by atomic mass is 10.1. The molecule has 0 bridgehead atoms. The van der Waals surface area contributed by atoms with Gasteiger partial charge in [-0.25, -0.2) is 9.59 Å². The molecule has 0 saturated carbocycles. The second-order valence-electron chi connectivity index (χ2n) is 5.16. The SMILES string of the molecule is O=C(O)c1ccc2c(c1)CN(C(=O)N1CCNCC1)C2. The van der Waals surface area contributed by atoms with Gasteiger partial charge in [0.05, 0.1) is 5.56 Å². The van der Waals surface area contributed by atoms with Crippen LogP contribution in [0.4, 0.5) is 4.79 Å². The molecule has 0 spiro atoms. The van der Waals surface area contributed by atoms with Crippen molar-refractivity contribution in [1.82, 2.24) is 15.1 Å². The molecule has 0 unspecified atom stereocenters. The number of urea groups is 1. The third-order valence-corrected chi connectivity index (χ3v) is 3.83. The van der Waals surface area contributed by atoms with Crippen molar-refractivity contribution >= 4 is 12.0 Å². The Bertz CT molecular complexity index is 553. The van der Waals surface area contributed by atoms with Gasteiger partial charge in [0.25, 0.3) is 0 Å². The lowest BCUT2D eigenvalue weighted by Gasteiger charge is -2.31. The van der Waals surface area contributed by atoms with Crippen molar-refractivity contribution in [3.05, 3.63) is 34.9 Å². The molecule has 2 amide bonds. The summed E-state index contributed by atoms with van der Waals surface area (Å²) in [6.45, 7) is 4.18. The zero-order valence-corrected chi connectivity index (χ0v) is 11.1. The normalized spacial score (nSPS) is 18.0. The quantitative estimate of drug-likeness (QED) is 0.792. The van der Waals surface area contributed by atoms with E-state index in [1.54, 1.807) is 17.0 Å². The first-order chi connectivity index (χ1) is 9.65. The molecule has 0 aliphatic carbocycles. The summed E-state index contributed by atoms with van der Waals surface area (Å²) in [5, 5.41) is 12.2. The van der Waals surface area contributed by atoms with Crippen molar-refractivity contribution < 1.29 is 14.7 Å². The number of nitrogens with one attached hydrogen (secondary N) is 1. The molecule has 106 valence electrons. The molecule has 0 atom stereocenters. The minimum absolute atomic E-state index is 0.0413. The molecule has 6 heteroatoms. The predicted octanol–water partition coefficient (Wildman–Crippen LogP) is 0.726. The fraction of sp³-hybridized carbons (Fsp3) is 0.429. The summed E-state index contributed by atoms with van der Waals surface area (Å²) >= 11 is 0. The summed E-state index contributed by atoms with van der Waals surface area (Å²) in [7, 11) is 0. The molecule has 6 nitrogen and oxygen atoms in total. The molecule has 2 aliphatic rings. The Labute approximate surface area is 117 Å². The van der Waals surface area contributed by atoms with Crippen LogP contribution in [0.1, 0.15) is 21.5 Å². The molecule has 1 aromatic carbocycles. The van der Waals surface area contributed by atoms with Gasteiger partial charge in [0.1, 0.15) is 0 Å². The zero-order chi connectivity index (χ0) is 14.1. The number of carbonyl (C=O) groups is 2. The number of carbonyl (C=O) groups excluding carboxylic acids is 1. The highest BCUT2D eigenvalue weighted by atomic mass is 16.4. The number of hydrogen-bond acceptors (Lipinski definition) is 3. The van der Waals surface area contributed by atoms with E-state index in [4.69, 9.17) is 5.11 Å². The van der Waals surface area contributed by atoms with Gasteiger partial charge >= 0.3 is 12.0 Å². The maximum absolute atomic E-state index is 12.4. The number of benzene rings is 1. The van der Waals surface area contributed by atoms with Crippen molar-refractivity contribution in [2.24, 2.45) is 0 Å². The van der Waals surface area contributed by atoms with Crippen LogP contribution in [0.25, 0.3) is 0 Å². The molecule has 1 fully saturated rings. The van der Waals surface area contributed by atoms with Crippen molar-refractivity contribution in [3.8, 4) is 0 Å². The monoisotopic (exact) mass is 275 g/mol. The lowest BCUT2D eigenvalue weighted by Crippen LogP contribution is -2.50. The molecule has 0 aromatic heterocycles. The summed E-state index contributed by atoms with van der Waals surface area (Å²) < 4.78 is 0. The summed E-state index contributed by atoms with van der Waals surface area (Å²) in [5.74, 6) is -0.931. The highest BCUT2D eigenvalue weighted by Gasteiger charge is 2.28. The van der Waals surface area contributed by atoms with E-state index in [0.29, 0.717) is 13.1 Å². The van der Waals surface area contributed by atoms with Crippen molar-refractivity contribution in [2.75, 3.05) is 26.2 Å². The average Bonchev–Trinajstić information content (AvgIpc) is 2.90. The first-order valence-corrected chi connectivity index (χ1v) is 6.75. The number of hydrogen-bond donors (Lipinski definition) is 2. The molecule has 2 heterocycles. The first-order valence-electron chi connectivity index (χ1n) is 6.75. The molecule has 2 aliphatic heterocycles. The minimum Gasteiger partial charge on any atom is -0.478 e. The van der Waals surface area contributed by atoms with Gasteiger partial charge in [0.2, 0.25) is 0 Å². The maximum atomic E-state index is 12.4. The summed E-state index contributed by atoms with van der Waals surface area (Å²) in [4.78, 5) is 27.0. The molecule has 0 radical (unpaired) electrons. The van der Waals surface area contributed by atoms with Crippen LogP contribution in [0.5, 0.6) is 0 Å². The number of aromatic carboxylic acids is 1. The second kappa shape index (κ2) is 5.13. The molecular weight excluding hydrogens is 258 g/mol. The number of rotatable bonds is 1. The highest BCUT2D eigenvalue weighted by Crippen LogP contribution is 2.25. The molecule has 20 heavy (non-hydrogen) atoms. The van der Waals surface area contributed by atoms with E-state index in [9.17, 15) is 9.59 Å². The summed E-state index contributed by atoms with van der Waals surface area (Å²) in [5.41, 5.74) is 2.26. The third kappa shape index (κ3) is 2.34. The molecule has 3 rings (SSSR count). The summed E-state index contributed by atoms with van der Waals surface area (Å²) in [6, 6.07) is 5.12. The summed E-state index contributed by atoms with van der Waals surface area (Å²) in [6.07, 6.45) is 0. The van der Waals surface area contributed by atoms with Crippen LogP contribution < -0.4 is 5.32 Å². The molecule has 1 saturated heterocycles. The third-order valence-electron chi connectivity index (χ3n) is 3.83. The Morgan fingerprint density at radius 3 is 2.45 bits per heavy atom. The van der Waals surface area contributed by atoms with E-state index in [2.05, 4.69) is 5.32 Å². The van der Waals surface area contributed by atoms with E-state index in [-0.39, 0.29) is 11.6 Å². The van der Waals surface area contributed by atoms with Crippen LogP contribution in [0.3, 0.4) is 0 Å². The van der Waals surface area contributed by atoms with Crippen LogP contribution in [0, 0.1) is 0 Å². The van der Waals surface area contributed by atoms with E-state index < -0.39 is 5.97 Å². The molecular formula is C14H17N3O3. The van der Waals surface area contributed by atoms with Crippen molar-refractivity contribution in [3.63, 3.8) is 0 Å². The largest absolute Gasteiger partial charge is 0.478 e. The van der Waals surface area contributed by atoms with Crippen LogP contribution >= 0.6 is 0 Å². The minimum atomic E-state index is -0.931. The Morgan fingerprint density at radius 2 is 1.75 bits per heavy atom. The van der Waals surface area contributed by atoms with Gasteiger partial charge in [-0.3, -0.25) is 0 Å². The topological polar surface area (TPSA) is 72.9 Å². The van der Waals surface area contributed by atoms with Gasteiger partial charge in [-0.05, 0) is 23.3 Å². The molecule has 1 aromatic rings. The standard InChI is InChI=1S/C14H17N3O3/c18-13(19)10-1-2-11-8-17(9-12(11)7-10)14(20)16-5-3-15-4-6-16/h1-2,7,15H,3-6,8-9H2,(H,18,19). The van der Waals surface area contributed by atoms with E-state index in [1.165, 1.54) is 0 Å².